The van der Waals surface area contributed by atoms with Gasteiger partial charge < -0.3 is 20.3 Å². The molecule has 2 N–H and O–H groups in total. The highest BCUT2D eigenvalue weighted by Crippen LogP contribution is 2.23. The van der Waals surface area contributed by atoms with Gasteiger partial charge in [-0.25, -0.2) is 9.48 Å². The Labute approximate surface area is 205 Å². The number of nitrogens with zero attached hydrogens (tertiary/aromatic N) is 3. The van der Waals surface area contributed by atoms with E-state index in [0.717, 1.165) is 0 Å². The van der Waals surface area contributed by atoms with Crippen molar-refractivity contribution >= 4 is 35.5 Å². The zero-order chi connectivity index (χ0) is 25.3. The van der Waals surface area contributed by atoms with Crippen LogP contribution in [-0.2, 0) is 9.53 Å². The lowest BCUT2D eigenvalue weighted by atomic mass is 10.2. The first-order valence-electron chi connectivity index (χ1n) is 11.3. The van der Waals surface area contributed by atoms with Crippen LogP contribution in [0.1, 0.15) is 51.4 Å². The molecule has 0 aliphatic rings. The van der Waals surface area contributed by atoms with Crippen LogP contribution >= 0.6 is 11.8 Å². The number of thioether (sulfide) groups is 1. The number of carbonyl (C=O) groups excluding carboxylic acids is 3. The molecule has 0 saturated carbocycles. The topological polar surface area (TPSA) is 106 Å². The molecule has 0 bridgehead atoms. The molecular weight excluding hydrogens is 454 g/mol. The fourth-order valence-electron chi connectivity index (χ4n) is 3.23. The van der Waals surface area contributed by atoms with Crippen molar-refractivity contribution in [2.75, 3.05) is 30.4 Å². The molecule has 1 aromatic heterocycles. The lowest BCUT2D eigenvalue weighted by Gasteiger charge is -2.24. The number of benzene rings is 1. The molecular formula is C24H35N5O4S. The van der Waals surface area contributed by atoms with E-state index in [9.17, 15) is 14.4 Å². The van der Waals surface area contributed by atoms with Crippen LogP contribution < -0.4 is 10.6 Å². The van der Waals surface area contributed by atoms with Crippen LogP contribution in [0.4, 0.5) is 10.6 Å². The normalized spacial score (nSPS) is 12.1. The smallest absolute Gasteiger partial charge is 0.408 e. The van der Waals surface area contributed by atoms with Gasteiger partial charge in [-0.05, 0) is 65.2 Å². The van der Waals surface area contributed by atoms with Crippen molar-refractivity contribution in [1.82, 2.24) is 20.0 Å². The van der Waals surface area contributed by atoms with Crippen molar-refractivity contribution < 1.29 is 19.1 Å². The van der Waals surface area contributed by atoms with Gasteiger partial charge in [0.2, 0.25) is 5.91 Å². The molecule has 10 heteroatoms. The molecule has 0 aliphatic heterocycles. The van der Waals surface area contributed by atoms with Crippen LogP contribution in [-0.4, -0.2) is 69.3 Å². The van der Waals surface area contributed by atoms with Crippen LogP contribution in [0, 0.1) is 0 Å². The van der Waals surface area contributed by atoms with Crippen molar-refractivity contribution in [2.45, 2.75) is 52.7 Å². The van der Waals surface area contributed by atoms with Crippen LogP contribution in [0.15, 0.2) is 36.5 Å². The Kier molecular flexibility index (Phi) is 9.97. The zero-order valence-corrected chi connectivity index (χ0v) is 21.6. The van der Waals surface area contributed by atoms with E-state index in [-0.39, 0.29) is 17.3 Å². The van der Waals surface area contributed by atoms with E-state index in [1.54, 1.807) is 37.4 Å². The minimum atomic E-state index is -0.849. The van der Waals surface area contributed by atoms with E-state index in [4.69, 9.17) is 4.74 Å². The summed E-state index contributed by atoms with van der Waals surface area (Å²) in [5, 5.41) is 9.90. The number of amides is 3. The molecule has 2 aromatic rings. The molecule has 0 aliphatic carbocycles. The first kappa shape index (κ1) is 27.2. The monoisotopic (exact) mass is 489 g/mol. The Bertz CT molecular complexity index is 967. The minimum Gasteiger partial charge on any atom is -0.444 e. The maximum absolute atomic E-state index is 13.3. The SMILES string of the molecule is CCN(CC)C(=O)c1cnn(-c2ccccc2)c1NC(=O)C(CCSC)NC(=O)OC(C)(C)C. The Hall–Kier alpha value is -3.01. The van der Waals surface area contributed by atoms with Crippen LogP contribution in [0.5, 0.6) is 0 Å². The Balaban J connectivity index is 2.40. The van der Waals surface area contributed by atoms with Crippen LogP contribution in [0.3, 0.4) is 0 Å². The zero-order valence-electron chi connectivity index (χ0n) is 20.8. The highest BCUT2D eigenvalue weighted by Gasteiger charge is 2.28. The van der Waals surface area contributed by atoms with Crippen molar-refractivity contribution in [3.05, 3.63) is 42.1 Å². The number of hydrogen-bond acceptors (Lipinski definition) is 6. The summed E-state index contributed by atoms with van der Waals surface area (Å²) in [6.45, 7) is 10.1. The summed E-state index contributed by atoms with van der Waals surface area (Å²) in [5.74, 6) is 0.222. The summed E-state index contributed by atoms with van der Waals surface area (Å²) in [5.41, 5.74) is 0.277. The van der Waals surface area contributed by atoms with E-state index >= 15 is 0 Å². The largest absolute Gasteiger partial charge is 0.444 e. The average molecular weight is 490 g/mol. The maximum atomic E-state index is 13.3. The number of carbonyl (C=O) groups is 3. The molecule has 186 valence electrons. The molecule has 34 heavy (non-hydrogen) atoms. The number of para-hydroxylation sites is 1. The predicted octanol–water partition coefficient (Wildman–Crippen LogP) is 3.94. The Morgan fingerprint density at radius 1 is 1.15 bits per heavy atom. The van der Waals surface area contributed by atoms with E-state index in [2.05, 4.69) is 15.7 Å². The van der Waals surface area contributed by atoms with Gasteiger partial charge in [-0.2, -0.15) is 16.9 Å². The maximum Gasteiger partial charge on any atom is 0.408 e. The molecule has 1 aromatic carbocycles. The number of aromatic nitrogens is 2. The average Bonchev–Trinajstić information content (AvgIpc) is 3.20. The molecule has 0 radical (unpaired) electrons. The van der Waals surface area contributed by atoms with Crippen molar-refractivity contribution in [3.8, 4) is 5.69 Å². The minimum absolute atomic E-state index is 0.233. The molecule has 0 saturated heterocycles. The third kappa shape index (κ3) is 7.51. The fourth-order valence-corrected chi connectivity index (χ4v) is 3.70. The highest BCUT2D eigenvalue weighted by atomic mass is 32.2. The fraction of sp³-hybridized carbons (Fsp3) is 0.500. The van der Waals surface area contributed by atoms with E-state index in [0.29, 0.717) is 31.0 Å². The van der Waals surface area contributed by atoms with Crippen molar-refractivity contribution in [1.29, 1.82) is 0 Å². The standard InChI is InChI=1S/C24H35N5O4S/c1-7-28(8-2)22(31)18-16-25-29(17-12-10-9-11-13-17)20(18)27-21(30)19(14-15-34-6)26-23(32)33-24(3,4)5/h9-13,16,19H,7-8,14-15H2,1-6H3,(H,26,32)(H,27,30). The van der Waals surface area contributed by atoms with Gasteiger partial charge in [0.05, 0.1) is 11.9 Å². The van der Waals surface area contributed by atoms with Gasteiger partial charge in [0.15, 0.2) is 0 Å². The first-order chi connectivity index (χ1) is 16.1. The highest BCUT2D eigenvalue weighted by molar-refractivity contribution is 7.98. The Morgan fingerprint density at radius 3 is 2.35 bits per heavy atom. The van der Waals surface area contributed by atoms with E-state index in [1.807, 2.05) is 50.4 Å². The van der Waals surface area contributed by atoms with Gasteiger partial charge in [0, 0.05) is 13.1 Å². The van der Waals surface area contributed by atoms with Crippen molar-refractivity contribution in [2.24, 2.45) is 0 Å². The van der Waals surface area contributed by atoms with Gasteiger partial charge in [-0.3, -0.25) is 9.59 Å². The molecule has 0 spiro atoms. The molecule has 0 fully saturated rings. The number of ether oxygens (including phenoxy) is 1. The molecule has 1 atom stereocenters. The van der Waals surface area contributed by atoms with E-state index in [1.165, 1.54) is 10.9 Å². The summed E-state index contributed by atoms with van der Waals surface area (Å²) in [6.07, 6.45) is 3.10. The number of alkyl carbamates (subject to hydrolysis) is 1. The number of hydrogen-bond donors (Lipinski definition) is 2. The Morgan fingerprint density at radius 2 is 1.79 bits per heavy atom. The number of rotatable bonds is 10. The first-order valence-corrected chi connectivity index (χ1v) is 12.7. The van der Waals surface area contributed by atoms with Gasteiger partial charge >= 0.3 is 6.09 Å². The summed E-state index contributed by atoms with van der Waals surface area (Å²) in [6, 6.07) is 8.38. The van der Waals surface area contributed by atoms with Gasteiger partial charge in [0.25, 0.3) is 5.91 Å². The third-order valence-electron chi connectivity index (χ3n) is 4.91. The molecule has 1 heterocycles. The summed E-state index contributed by atoms with van der Waals surface area (Å²) < 4.78 is 6.86. The quantitative estimate of drug-likeness (QED) is 0.524. The van der Waals surface area contributed by atoms with Crippen LogP contribution in [0.2, 0.25) is 0 Å². The summed E-state index contributed by atoms with van der Waals surface area (Å²) in [7, 11) is 0. The summed E-state index contributed by atoms with van der Waals surface area (Å²) >= 11 is 1.56. The molecule has 9 nitrogen and oxygen atoms in total. The third-order valence-corrected chi connectivity index (χ3v) is 5.55. The molecule has 1 unspecified atom stereocenters. The second-order valence-electron chi connectivity index (χ2n) is 8.60. The second-order valence-corrected chi connectivity index (χ2v) is 9.59. The van der Waals surface area contributed by atoms with E-state index < -0.39 is 23.6 Å². The second kappa shape index (κ2) is 12.5. The number of nitrogens with one attached hydrogen (secondary N) is 2. The van der Waals surface area contributed by atoms with Gasteiger partial charge in [0.1, 0.15) is 23.0 Å². The molecule has 2 rings (SSSR count). The van der Waals surface area contributed by atoms with Gasteiger partial charge in [-0.1, -0.05) is 18.2 Å². The van der Waals surface area contributed by atoms with Crippen LogP contribution in [0.25, 0.3) is 5.69 Å². The predicted molar refractivity (Wildman–Crippen MR) is 136 cm³/mol. The lowest BCUT2D eigenvalue weighted by Crippen LogP contribution is -2.46. The lowest BCUT2D eigenvalue weighted by molar-refractivity contribution is -0.118. The number of anilines is 1. The summed E-state index contributed by atoms with van der Waals surface area (Å²) in [4.78, 5) is 40.5. The van der Waals surface area contributed by atoms with Crippen molar-refractivity contribution in [3.63, 3.8) is 0 Å². The van der Waals surface area contributed by atoms with Gasteiger partial charge in [-0.15, -0.1) is 0 Å². The molecule has 3 amide bonds.